The molecule has 2 aromatic carbocycles. The molecular weight excluding hydrogens is 445 g/mol. The fourth-order valence-electron chi connectivity index (χ4n) is 4.54. The number of halogens is 1. The Morgan fingerprint density at radius 1 is 1.11 bits per heavy atom. The van der Waals surface area contributed by atoms with Gasteiger partial charge in [-0.3, -0.25) is 4.79 Å². The van der Waals surface area contributed by atoms with E-state index < -0.39 is 5.82 Å². The van der Waals surface area contributed by atoms with Gasteiger partial charge in [-0.05, 0) is 61.1 Å². The van der Waals surface area contributed by atoms with Crippen molar-refractivity contribution in [3.05, 3.63) is 66.2 Å². The quantitative estimate of drug-likeness (QED) is 0.356. The Kier molecular flexibility index (Phi) is 5.80. The zero-order valence-corrected chi connectivity index (χ0v) is 19.6. The van der Waals surface area contributed by atoms with E-state index in [1.807, 2.05) is 19.1 Å². The lowest BCUT2D eigenvalue weighted by Crippen LogP contribution is -2.31. The maximum atomic E-state index is 14.9. The van der Waals surface area contributed by atoms with Crippen LogP contribution in [0, 0.1) is 18.2 Å². The first-order valence-corrected chi connectivity index (χ1v) is 11.6. The van der Waals surface area contributed by atoms with Gasteiger partial charge >= 0.3 is 0 Å². The number of hydrogen-bond acceptors (Lipinski definition) is 6. The molecule has 1 saturated carbocycles. The van der Waals surface area contributed by atoms with Crippen LogP contribution in [0.4, 0.5) is 16.0 Å². The van der Waals surface area contributed by atoms with Gasteiger partial charge in [-0.15, -0.1) is 0 Å². The minimum Gasteiger partial charge on any atom is -0.437 e. The number of pyridine rings is 1. The highest BCUT2D eigenvalue weighted by atomic mass is 19.1. The highest BCUT2D eigenvalue weighted by Crippen LogP contribution is 2.44. The van der Waals surface area contributed by atoms with Crippen molar-refractivity contribution in [2.75, 3.05) is 11.1 Å². The van der Waals surface area contributed by atoms with Crippen LogP contribution in [-0.2, 0) is 4.79 Å². The van der Waals surface area contributed by atoms with Crippen LogP contribution in [0.1, 0.15) is 38.2 Å². The SMILES string of the molecule is Cc1ccc2c(NC(=O)CC3(C)CCC3)c(F)ccc2c1Oc1ncccc1-c1ccnc(N)n1. The van der Waals surface area contributed by atoms with Crippen molar-refractivity contribution >= 4 is 28.3 Å². The number of ether oxygens (including phenoxy) is 1. The average molecular weight is 472 g/mol. The molecule has 35 heavy (non-hydrogen) atoms. The number of amides is 1. The molecule has 7 nitrogen and oxygen atoms in total. The predicted molar refractivity (Wildman–Crippen MR) is 134 cm³/mol. The van der Waals surface area contributed by atoms with Gasteiger partial charge in [0, 0.05) is 29.6 Å². The Bertz CT molecular complexity index is 1430. The number of nitrogens with one attached hydrogen (secondary N) is 1. The summed E-state index contributed by atoms with van der Waals surface area (Å²) in [5.41, 5.74) is 7.97. The summed E-state index contributed by atoms with van der Waals surface area (Å²) in [5, 5.41) is 4.03. The van der Waals surface area contributed by atoms with Crippen molar-refractivity contribution < 1.29 is 13.9 Å². The fourth-order valence-corrected chi connectivity index (χ4v) is 4.54. The third-order valence-corrected chi connectivity index (χ3v) is 6.63. The average Bonchev–Trinajstić information content (AvgIpc) is 2.82. The molecule has 0 radical (unpaired) electrons. The molecule has 0 bridgehead atoms. The number of aromatic nitrogens is 3. The minimum absolute atomic E-state index is 0.00420. The molecule has 0 atom stereocenters. The van der Waals surface area contributed by atoms with Crippen LogP contribution in [0.3, 0.4) is 0 Å². The minimum atomic E-state index is -0.491. The van der Waals surface area contributed by atoms with E-state index in [-0.39, 0.29) is 23.0 Å². The number of hydrogen-bond donors (Lipinski definition) is 2. The molecule has 3 N–H and O–H groups in total. The van der Waals surface area contributed by atoms with Crippen molar-refractivity contribution in [1.82, 2.24) is 15.0 Å². The van der Waals surface area contributed by atoms with Gasteiger partial charge in [-0.1, -0.05) is 25.5 Å². The second kappa shape index (κ2) is 8.94. The molecule has 8 heteroatoms. The first kappa shape index (κ1) is 22.7. The first-order valence-electron chi connectivity index (χ1n) is 11.6. The Labute approximate surface area is 202 Å². The Balaban J connectivity index is 1.53. The van der Waals surface area contributed by atoms with Gasteiger partial charge in [0.05, 0.1) is 16.9 Å². The van der Waals surface area contributed by atoms with Crippen LogP contribution in [0.25, 0.3) is 22.0 Å². The van der Waals surface area contributed by atoms with Crippen molar-refractivity contribution in [3.8, 4) is 22.9 Å². The normalized spacial score (nSPS) is 14.4. The Morgan fingerprint density at radius 3 is 2.66 bits per heavy atom. The molecule has 178 valence electrons. The van der Waals surface area contributed by atoms with Crippen molar-refractivity contribution in [2.24, 2.45) is 5.41 Å². The molecular formula is C27H26FN5O2. The highest BCUT2D eigenvalue weighted by molar-refractivity contribution is 6.05. The van der Waals surface area contributed by atoms with E-state index in [2.05, 4.69) is 27.2 Å². The van der Waals surface area contributed by atoms with Crippen LogP contribution in [-0.4, -0.2) is 20.9 Å². The van der Waals surface area contributed by atoms with Gasteiger partial charge in [-0.25, -0.2) is 19.3 Å². The number of rotatable bonds is 6. The molecule has 1 aliphatic rings. The maximum absolute atomic E-state index is 14.9. The molecule has 5 rings (SSSR count). The van der Waals surface area contributed by atoms with Gasteiger partial charge in [0.25, 0.3) is 0 Å². The molecule has 1 amide bonds. The van der Waals surface area contributed by atoms with Gasteiger partial charge < -0.3 is 15.8 Å². The van der Waals surface area contributed by atoms with E-state index in [4.69, 9.17) is 10.5 Å². The van der Waals surface area contributed by atoms with Crippen LogP contribution >= 0.6 is 0 Å². The Hall–Kier alpha value is -4.07. The molecule has 1 aliphatic carbocycles. The smallest absolute Gasteiger partial charge is 0.228 e. The van der Waals surface area contributed by atoms with Crippen LogP contribution in [0.2, 0.25) is 0 Å². The molecule has 2 heterocycles. The van der Waals surface area contributed by atoms with Crippen LogP contribution in [0.15, 0.2) is 54.9 Å². The van der Waals surface area contributed by atoms with Gasteiger partial charge in [0.1, 0.15) is 11.6 Å². The second-order valence-corrected chi connectivity index (χ2v) is 9.38. The summed E-state index contributed by atoms with van der Waals surface area (Å²) in [6.45, 7) is 4.00. The summed E-state index contributed by atoms with van der Waals surface area (Å²) in [5.74, 6) is 0.314. The Morgan fingerprint density at radius 2 is 1.91 bits per heavy atom. The van der Waals surface area contributed by atoms with Crippen LogP contribution in [0.5, 0.6) is 11.6 Å². The van der Waals surface area contributed by atoms with E-state index in [9.17, 15) is 9.18 Å². The van der Waals surface area contributed by atoms with Gasteiger partial charge in [-0.2, -0.15) is 0 Å². The third kappa shape index (κ3) is 4.51. The fraction of sp³-hybridized carbons (Fsp3) is 0.259. The van der Waals surface area contributed by atoms with E-state index in [1.165, 1.54) is 6.07 Å². The van der Waals surface area contributed by atoms with Gasteiger partial charge in [0.15, 0.2) is 0 Å². The number of aryl methyl sites for hydroxylation is 1. The lowest BCUT2D eigenvalue weighted by molar-refractivity contribution is -0.119. The largest absolute Gasteiger partial charge is 0.437 e. The van der Waals surface area contributed by atoms with E-state index in [0.29, 0.717) is 40.1 Å². The maximum Gasteiger partial charge on any atom is 0.228 e. The summed E-state index contributed by atoms with van der Waals surface area (Å²) in [6.07, 6.45) is 6.72. The number of fused-ring (bicyclic) bond motifs is 1. The molecule has 2 aromatic heterocycles. The lowest BCUT2D eigenvalue weighted by atomic mass is 9.68. The number of nitrogens with two attached hydrogens (primary N) is 1. The summed E-state index contributed by atoms with van der Waals surface area (Å²) < 4.78 is 21.2. The number of benzene rings is 2. The third-order valence-electron chi connectivity index (χ3n) is 6.63. The number of nitrogens with zero attached hydrogens (tertiary/aromatic N) is 3. The zero-order chi connectivity index (χ0) is 24.6. The monoisotopic (exact) mass is 471 g/mol. The molecule has 0 saturated heterocycles. The van der Waals surface area contributed by atoms with Crippen LogP contribution < -0.4 is 15.8 Å². The summed E-state index contributed by atoms with van der Waals surface area (Å²) >= 11 is 0. The molecule has 0 aliphatic heterocycles. The van der Waals surface area contributed by atoms with Crippen molar-refractivity contribution in [2.45, 2.75) is 39.5 Å². The predicted octanol–water partition coefficient (Wildman–Crippen LogP) is 6.03. The van der Waals surface area contributed by atoms with E-state index in [0.717, 1.165) is 24.8 Å². The number of nitrogen functional groups attached to an aromatic ring is 1. The number of carbonyl (C=O) groups is 1. The summed E-state index contributed by atoms with van der Waals surface area (Å²) in [6, 6.07) is 12.0. The molecule has 0 spiro atoms. The lowest BCUT2D eigenvalue weighted by Gasteiger charge is -2.37. The molecule has 4 aromatic rings. The molecule has 0 unspecified atom stereocenters. The zero-order valence-electron chi connectivity index (χ0n) is 19.6. The number of carbonyl (C=O) groups excluding carboxylic acids is 1. The number of anilines is 2. The topological polar surface area (TPSA) is 103 Å². The van der Waals surface area contributed by atoms with Crippen molar-refractivity contribution in [1.29, 1.82) is 0 Å². The summed E-state index contributed by atoms with van der Waals surface area (Å²) in [4.78, 5) is 25.4. The van der Waals surface area contributed by atoms with Crippen molar-refractivity contribution in [3.63, 3.8) is 0 Å². The van der Waals surface area contributed by atoms with E-state index >= 15 is 0 Å². The first-order chi connectivity index (χ1) is 16.8. The van der Waals surface area contributed by atoms with E-state index in [1.54, 1.807) is 36.7 Å². The standard InChI is InChI=1S/C27H26FN5O2/c1-16-6-7-17-18(8-9-20(28)23(17)33-22(34)15-27(2)11-4-12-27)24(16)35-25-19(5-3-13-30-25)21-10-14-31-26(29)32-21/h3,5-10,13-14H,4,11-12,15H2,1-2H3,(H,33,34)(H2,29,31,32). The molecule has 1 fully saturated rings. The van der Waals surface area contributed by atoms with Gasteiger partial charge in [0.2, 0.25) is 17.7 Å². The highest BCUT2D eigenvalue weighted by Gasteiger charge is 2.34. The summed E-state index contributed by atoms with van der Waals surface area (Å²) in [7, 11) is 0. The second-order valence-electron chi connectivity index (χ2n) is 9.38.